The maximum absolute atomic E-state index is 12.3. The van der Waals surface area contributed by atoms with E-state index >= 15 is 0 Å². The van der Waals surface area contributed by atoms with Crippen LogP contribution in [0, 0.1) is 5.92 Å². The maximum Gasteiger partial charge on any atom is 0.326 e. The van der Waals surface area contributed by atoms with Gasteiger partial charge in [-0.3, -0.25) is 4.79 Å². The smallest absolute Gasteiger partial charge is 0.326 e. The molecule has 0 amide bonds. The third kappa shape index (κ3) is 2.88. The summed E-state index contributed by atoms with van der Waals surface area (Å²) in [6.45, 7) is 9.34. The highest BCUT2D eigenvalue weighted by atomic mass is 28.4. The second kappa shape index (κ2) is 5.09. The van der Waals surface area contributed by atoms with E-state index in [-0.39, 0.29) is 11.9 Å². The summed E-state index contributed by atoms with van der Waals surface area (Å²) in [6.07, 6.45) is 5.75. The molecule has 0 N–H and O–H groups in total. The van der Waals surface area contributed by atoms with Gasteiger partial charge in [0.1, 0.15) is 0 Å². The molecule has 1 aliphatic heterocycles. The van der Waals surface area contributed by atoms with Crippen LogP contribution in [-0.2, 0) is 9.63 Å². The number of rotatable bonds is 2. The molecule has 104 valence electrons. The lowest BCUT2D eigenvalue weighted by atomic mass is 9.89. The minimum Gasteiger partial charge on any atom is -0.382 e. The van der Waals surface area contributed by atoms with E-state index in [1.807, 2.05) is 0 Å². The van der Waals surface area contributed by atoms with Crippen LogP contribution in [0.3, 0.4) is 0 Å². The van der Waals surface area contributed by atoms with Crippen molar-refractivity contribution in [3.05, 3.63) is 0 Å². The maximum atomic E-state index is 12.3. The summed E-state index contributed by atoms with van der Waals surface area (Å²) in [6, 6.07) is 2.56. The Morgan fingerprint density at radius 3 is 2.00 bits per heavy atom. The quantitative estimate of drug-likeness (QED) is 0.724. The standard InChI is InChI=1S/C13H27NO2Si2/c1-17(2)10-11-18(3,4)14(17)16-13(15)12-8-6-5-7-9-12/h12H,5-11H2,1-4H3. The van der Waals surface area contributed by atoms with Crippen LogP contribution in [-0.4, -0.2) is 26.8 Å². The van der Waals surface area contributed by atoms with E-state index in [1.165, 1.54) is 31.4 Å². The highest BCUT2D eigenvalue weighted by Gasteiger charge is 2.50. The van der Waals surface area contributed by atoms with Crippen LogP contribution >= 0.6 is 0 Å². The van der Waals surface area contributed by atoms with Gasteiger partial charge in [0.05, 0.1) is 5.92 Å². The summed E-state index contributed by atoms with van der Waals surface area (Å²) in [7, 11) is -2.96. The first-order chi connectivity index (χ1) is 8.33. The summed E-state index contributed by atoms with van der Waals surface area (Å²) in [5, 5.41) is 0. The van der Waals surface area contributed by atoms with Crippen LogP contribution < -0.4 is 0 Å². The van der Waals surface area contributed by atoms with Crippen molar-refractivity contribution in [1.82, 2.24) is 4.39 Å². The van der Waals surface area contributed by atoms with E-state index in [0.717, 1.165) is 12.8 Å². The van der Waals surface area contributed by atoms with Crippen molar-refractivity contribution in [2.45, 2.75) is 70.4 Å². The Kier molecular flexibility index (Phi) is 4.04. The van der Waals surface area contributed by atoms with Gasteiger partial charge in [-0.05, 0) is 24.9 Å². The summed E-state index contributed by atoms with van der Waals surface area (Å²) in [4.78, 5) is 18.2. The largest absolute Gasteiger partial charge is 0.382 e. The molecule has 2 rings (SSSR count). The topological polar surface area (TPSA) is 29.5 Å². The minimum atomic E-state index is -1.48. The number of nitrogens with zero attached hydrogens (tertiary/aromatic N) is 1. The first kappa shape index (κ1) is 14.3. The molecule has 2 aliphatic rings. The van der Waals surface area contributed by atoms with Crippen LogP contribution in [0.2, 0.25) is 38.3 Å². The second-order valence-corrected chi connectivity index (χ2v) is 16.7. The predicted octanol–water partition coefficient (Wildman–Crippen LogP) is 3.75. The molecule has 0 spiro atoms. The first-order valence-corrected chi connectivity index (χ1v) is 13.7. The molecule has 1 heterocycles. The molecule has 5 heteroatoms. The Hall–Kier alpha value is -0.136. The average molecular weight is 286 g/mol. The highest BCUT2D eigenvalue weighted by molar-refractivity contribution is 6.94. The van der Waals surface area contributed by atoms with E-state index in [0.29, 0.717) is 0 Å². The first-order valence-electron chi connectivity index (χ1n) is 7.35. The fourth-order valence-corrected chi connectivity index (χ4v) is 16.6. The van der Waals surface area contributed by atoms with Gasteiger partial charge < -0.3 is 4.84 Å². The average Bonchev–Trinajstić information content (AvgIpc) is 2.53. The molecule has 0 bridgehead atoms. The molecule has 0 unspecified atom stereocenters. The Balaban J connectivity index is 2.00. The van der Waals surface area contributed by atoms with Crippen molar-refractivity contribution in [3.8, 4) is 0 Å². The van der Waals surface area contributed by atoms with Gasteiger partial charge in [0.15, 0.2) is 16.5 Å². The van der Waals surface area contributed by atoms with Gasteiger partial charge >= 0.3 is 5.97 Å². The molecule has 1 saturated heterocycles. The fourth-order valence-electron chi connectivity index (χ4n) is 3.38. The normalized spacial score (nSPS) is 28.2. The number of carbonyl (C=O) groups is 1. The van der Waals surface area contributed by atoms with Crippen LogP contribution in [0.4, 0.5) is 0 Å². The third-order valence-corrected chi connectivity index (χ3v) is 14.0. The van der Waals surface area contributed by atoms with Crippen molar-refractivity contribution in [1.29, 1.82) is 0 Å². The Bertz CT molecular complexity index is 309. The van der Waals surface area contributed by atoms with Gasteiger partial charge in [-0.15, -0.1) is 0 Å². The van der Waals surface area contributed by atoms with Gasteiger partial charge in [0, 0.05) is 0 Å². The molecule has 0 aromatic carbocycles. The zero-order valence-electron chi connectivity index (χ0n) is 12.3. The summed E-state index contributed by atoms with van der Waals surface area (Å²) in [5.74, 6) is 0.242. The van der Waals surface area contributed by atoms with E-state index in [1.54, 1.807) is 0 Å². The SMILES string of the molecule is C[Si]1(C)CC[Si](C)(C)N1OC(=O)C1CCCCC1. The molecule has 0 aromatic rings. The molecule has 1 saturated carbocycles. The summed E-state index contributed by atoms with van der Waals surface area (Å²) in [5.41, 5.74) is 0. The lowest BCUT2D eigenvalue weighted by Crippen LogP contribution is -2.55. The lowest BCUT2D eigenvalue weighted by Gasteiger charge is -2.37. The Morgan fingerprint density at radius 1 is 1.00 bits per heavy atom. The zero-order chi connectivity index (χ0) is 13.4. The van der Waals surface area contributed by atoms with Crippen molar-refractivity contribution >= 4 is 22.4 Å². The summed E-state index contributed by atoms with van der Waals surface area (Å²) >= 11 is 0. The zero-order valence-corrected chi connectivity index (χ0v) is 14.3. The number of hydrogen-bond acceptors (Lipinski definition) is 3. The van der Waals surface area contributed by atoms with E-state index in [9.17, 15) is 4.79 Å². The number of hydrogen-bond donors (Lipinski definition) is 0. The van der Waals surface area contributed by atoms with E-state index in [4.69, 9.17) is 4.84 Å². The molecule has 1 aliphatic carbocycles. The van der Waals surface area contributed by atoms with Gasteiger partial charge in [0.2, 0.25) is 0 Å². The van der Waals surface area contributed by atoms with Crippen LogP contribution in [0.25, 0.3) is 0 Å². The van der Waals surface area contributed by atoms with Crippen molar-refractivity contribution < 1.29 is 9.63 Å². The fraction of sp³-hybridized carbons (Fsp3) is 0.923. The van der Waals surface area contributed by atoms with E-state index < -0.39 is 16.5 Å². The van der Waals surface area contributed by atoms with Gasteiger partial charge in [0.25, 0.3) is 0 Å². The molecule has 0 aromatic heterocycles. The van der Waals surface area contributed by atoms with Gasteiger partial charge in [-0.2, -0.15) is 4.39 Å². The third-order valence-electron chi connectivity index (χ3n) is 4.57. The minimum absolute atomic E-state index is 0.0674. The van der Waals surface area contributed by atoms with Crippen LogP contribution in [0.15, 0.2) is 0 Å². The molecule has 0 atom stereocenters. The molecule has 2 fully saturated rings. The monoisotopic (exact) mass is 285 g/mol. The Morgan fingerprint density at radius 2 is 1.50 bits per heavy atom. The lowest BCUT2D eigenvalue weighted by molar-refractivity contribution is -0.167. The van der Waals surface area contributed by atoms with Gasteiger partial charge in [-0.25, -0.2) is 0 Å². The molecular formula is C13H27NO2Si2. The second-order valence-electron chi connectivity index (χ2n) is 7.16. The summed E-state index contributed by atoms with van der Waals surface area (Å²) < 4.78 is 2.23. The van der Waals surface area contributed by atoms with Gasteiger partial charge in [-0.1, -0.05) is 45.5 Å². The van der Waals surface area contributed by atoms with Crippen LogP contribution in [0.5, 0.6) is 0 Å². The van der Waals surface area contributed by atoms with Crippen molar-refractivity contribution in [3.63, 3.8) is 0 Å². The molecular weight excluding hydrogens is 258 g/mol. The predicted molar refractivity (Wildman–Crippen MR) is 79.1 cm³/mol. The Labute approximate surface area is 113 Å². The molecule has 3 nitrogen and oxygen atoms in total. The van der Waals surface area contributed by atoms with Crippen molar-refractivity contribution in [2.75, 3.05) is 0 Å². The van der Waals surface area contributed by atoms with Crippen LogP contribution in [0.1, 0.15) is 32.1 Å². The number of carbonyl (C=O) groups excluding carboxylic acids is 1. The van der Waals surface area contributed by atoms with E-state index in [2.05, 4.69) is 30.6 Å². The molecule has 0 radical (unpaired) electrons. The van der Waals surface area contributed by atoms with Crippen molar-refractivity contribution in [2.24, 2.45) is 5.92 Å². The molecule has 18 heavy (non-hydrogen) atoms. The highest BCUT2D eigenvalue weighted by Crippen LogP contribution is 2.38.